The normalized spacial score (nSPS) is 11.8. The third kappa shape index (κ3) is 3.72. The van der Waals surface area contributed by atoms with Gasteiger partial charge in [0.05, 0.1) is 12.0 Å². The van der Waals surface area contributed by atoms with Gasteiger partial charge in [0.15, 0.2) is 0 Å². The quantitative estimate of drug-likeness (QED) is 0.789. The SMILES string of the molecule is CN(C(c1ccccc1)c1ccccc1)S(=O)(=O)CC(=O)[O-]. The molecule has 0 saturated heterocycles. The zero-order valence-corrected chi connectivity index (χ0v) is 12.9. The van der Waals surface area contributed by atoms with Crippen LogP contribution in [0.3, 0.4) is 0 Å². The lowest BCUT2D eigenvalue weighted by Crippen LogP contribution is -2.40. The van der Waals surface area contributed by atoms with E-state index in [4.69, 9.17) is 0 Å². The molecule has 0 unspecified atom stereocenters. The van der Waals surface area contributed by atoms with Crippen molar-refractivity contribution in [2.75, 3.05) is 12.8 Å². The van der Waals surface area contributed by atoms with E-state index in [0.717, 1.165) is 15.4 Å². The van der Waals surface area contributed by atoms with Crippen LogP contribution in [-0.2, 0) is 14.8 Å². The van der Waals surface area contributed by atoms with Crippen LogP contribution in [0.4, 0.5) is 0 Å². The van der Waals surface area contributed by atoms with E-state index >= 15 is 0 Å². The van der Waals surface area contributed by atoms with Gasteiger partial charge >= 0.3 is 0 Å². The van der Waals surface area contributed by atoms with Crippen molar-refractivity contribution >= 4 is 16.0 Å². The molecule has 0 amide bonds. The van der Waals surface area contributed by atoms with Crippen molar-refractivity contribution in [1.29, 1.82) is 0 Å². The molecular weight excluding hydrogens is 302 g/mol. The zero-order chi connectivity index (χ0) is 16.2. The number of hydrogen-bond acceptors (Lipinski definition) is 4. The fourth-order valence-corrected chi connectivity index (χ4v) is 3.36. The summed E-state index contributed by atoms with van der Waals surface area (Å²) in [5.74, 6) is -2.66. The number of nitrogens with zero attached hydrogens (tertiary/aromatic N) is 1. The van der Waals surface area contributed by atoms with Gasteiger partial charge in [-0.05, 0) is 11.1 Å². The average molecular weight is 318 g/mol. The fourth-order valence-electron chi connectivity index (χ4n) is 2.29. The predicted molar refractivity (Wildman–Crippen MR) is 81.3 cm³/mol. The summed E-state index contributed by atoms with van der Waals surface area (Å²) in [5, 5.41) is 10.7. The molecule has 0 aliphatic heterocycles. The van der Waals surface area contributed by atoms with E-state index in [1.54, 1.807) is 0 Å². The van der Waals surface area contributed by atoms with Gasteiger partial charge in [0.25, 0.3) is 0 Å². The monoisotopic (exact) mass is 318 g/mol. The van der Waals surface area contributed by atoms with Crippen LogP contribution in [0.2, 0.25) is 0 Å². The Morgan fingerprint density at radius 2 is 1.41 bits per heavy atom. The standard InChI is InChI=1S/C16H17NO4S/c1-17(22(20,21)12-15(18)19)16(13-8-4-2-5-9-13)14-10-6-3-7-11-14/h2-11,16H,12H2,1H3,(H,18,19)/p-1. The molecule has 22 heavy (non-hydrogen) atoms. The van der Waals surface area contributed by atoms with E-state index in [1.165, 1.54) is 7.05 Å². The molecular formula is C16H16NO4S-. The second-order valence-corrected chi connectivity index (χ2v) is 6.90. The van der Waals surface area contributed by atoms with Crippen molar-refractivity contribution < 1.29 is 18.3 Å². The molecule has 2 aromatic carbocycles. The Hall–Kier alpha value is -2.18. The maximum Gasteiger partial charge on any atom is 0.220 e. The summed E-state index contributed by atoms with van der Waals surface area (Å²) in [5.41, 5.74) is 1.52. The third-order valence-electron chi connectivity index (χ3n) is 3.33. The number of benzene rings is 2. The first-order chi connectivity index (χ1) is 10.4. The molecule has 6 heteroatoms. The Labute approximate surface area is 129 Å². The zero-order valence-electron chi connectivity index (χ0n) is 12.0. The van der Waals surface area contributed by atoms with Crippen molar-refractivity contribution in [2.45, 2.75) is 6.04 Å². The molecule has 2 rings (SSSR count). The second-order valence-electron chi connectivity index (χ2n) is 4.87. The van der Waals surface area contributed by atoms with Gasteiger partial charge in [-0.1, -0.05) is 60.7 Å². The largest absolute Gasteiger partial charge is 0.549 e. The first-order valence-electron chi connectivity index (χ1n) is 6.67. The Morgan fingerprint density at radius 3 is 1.77 bits per heavy atom. The molecule has 0 spiro atoms. The van der Waals surface area contributed by atoms with Crippen LogP contribution >= 0.6 is 0 Å². The molecule has 5 nitrogen and oxygen atoms in total. The van der Waals surface area contributed by atoms with Crippen molar-refractivity contribution in [3.63, 3.8) is 0 Å². The summed E-state index contributed by atoms with van der Waals surface area (Å²) in [7, 11) is -2.61. The fraction of sp³-hybridized carbons (Fsp3) is 0.188. The van der Waals surface area contributed by atoms with Crippen LogP contribution in [-0.4, -0.2) is 31.5 Å². The van der Waals surface area contributed by atoms with Crippen LogP contribution in [0.25, 0.3) is 0 Å². The number of aliphatic carboxylic acids is 1. The number of carbonyl (C=O) groups is 1. The summed E-state index contributed by atoms with van der Waals surface area (Å²) in [6.45, 7) is 0. The first kappa shape index (κ1) is 16.2. The van der Waals surface area contributed by atoms with Gasteiger partial charge in [-0.2, -0.15) is 4.31 Å². The number of sulfonamides is 1. The highest BCUT2D eigenvalue weighted by Crippen LogP contribution is 2.29. The van der Waals surface area contributed by atoms with Crippen LogP contribution in [0.1, 0.15) is 17.2 Å². The van der Waals surface area contributed by atoms with E-state index in [0.29, 0.717) is 0 Å². The maximum absolute atomic E-state index is 12.2. The second kappa shape index (κ2) is 6.72. The summed E-state index contributed by atoms with van der Waals surface area (Å²) >= 11 is 0. The number of carbonyl (C=O) groups excluding carboxylic acids is 1. The van der Waals surface area contributed by atoms with Crippen molar-refractivity contribution in [3.05, 3.63) is 71.8 Å². The lowest BCUT2D eigenvalue weighted by Gasteiger charge is -2.28. The van der Waals surface area contributed by atoms with Gasteiger partial charge in [-0.3, -0.25) is 0 Å². The van der Waals surface area contributed by atoms with E-state index in [1.807, 2.05) is 60.7 Å². The molecule has 0 atom stereocenters. The topological polar surface area (TPSA) is 77.5 Å². The maximum atomic E-state index is 12.2. The van der Waals surface area contributed by atoms with Gasteiger partial charge in [-0.25, -0.2) is 8.42 Å². The molecule has 0 aromatic heterocycles. The molecule has 116 valence electrons. The molecule has 2 aromatic rings. The molecule has 0 saturated carbocycles. The Bertz CT molecular complexity index is 690. The lowest BCUT2D eigenvalue weighted by atomic mass is 9.99. The van der Waals surface area contributed by atoms with Crippen molar-refractivity contribution in [3.8, 4) is 0 Å². The molecule has 0 aliphatic rings. The van der Waals surface area contributed by atoms with Crippen LogP contribution < -0.4 is 5.11 Å². The molecule has 0 bridgehead atoms. The highest BCUT2D eigenvalue weighted by molar-refractivity contribution is 7.89. The minimum atomic E-state index is -3.98. The molecule has 0 fully saturated rings. The van der Waals surface area contributed by atoms with Gasteiger partial charge in [0.1, 0.15) is 5.75 Å². The minimum absolute atomic E-state index is 0.591. The van der Waals surface area contributed by atoms with Gasteiger partial charge in [0, 0.05) is 7.05 Å². The molecule has 0 radical (unpaired) electrons. The van der Waals surface area contributed by atoms with Gasteiger partial charge in [0.2, 0.25) is 10.0 Å². The smallest absolute Gasteiger partial charge is 0.220 e. The summed E-state index contributed by atoms with van der Waals surface area (Å²) in [6, 6.07) is 17.6. The number of carboxylic acids is 1. The summed E-state index contributed by atoms with van der Waals surface area (Å²) in [6.07, 6.45) is 0. The highest BCUT2D eigenvalue weighted by atomic mass is 32.2. The Morgan fingerprint density at radius 1 is 1.00 bits per heavy atom. The van der Waals surface area contributed by atoms with Crippen molar-refractivity contribution in [1.82, 2.24) is 4.31 Å². The van der Waals surface area contributed by atoms with E-state index in [-0.39, 0.29) is 0 Å². The Kier molecular flexibility index (Phi) is 4.95. The van der Waals surface area contributed by atoms with Crippen molar-refractivity contribution in [2.24, 2.45) is 0 Å². The first-order valence-corrected chi connectivity index (χ1v) is 8.28. The highest BCUT2D eigenvalue weighted by Gasteiger charge is 2.28. The Balaban J connectivity index is 2.48. The van der Waals surface area contributed by atoms with E-state index < -0.39 is 27.8 Å². The minimum Gasteiger partial charge on any atom is -0.549 e. The third-order valence-corrected chi connectivity index (χ3v) is 5.02. The van der Waals surface area contributed by atoms with E-state index in [9.17, 15) is 18.3 Å². The van der Waals surface area contributed by atoms with Crippen LogP contribution in [0.15, 0.2) is 60.7 Å². The average Bonchev–Trinajstić information content (AvgIpc) is 2.48. The van der Waals surface area contributed by atoms with E-state index in [2.05, 4.69) is 0 Å². The molecule has 0 aliphatic carbocycles. The number of carboxylic acid groups (broad SMARTS) is 1. The summed E-state index contributed by atoms with van der Waals surface area (Å²) < 4.78 is 25.5. The number of rotatable bonds is 6. The predicted octanol–water partition coefficient (Wildman–Crippen LogP) is 0.787. The molecule has 0 heterocycles. The molecule has 0 N–H and O–H groups in total. The lowest BCUT2D eigenvalue weighted by molar-refractivity contribution is -0.301. The number of hydrogen-bond donors (Lipinski definition) is 0. The summed E-state index contributed by atoms with van der Waals surface area (Å²) in [4.78, 5) is 10.7. The van der Waals surface area contributed by atoms with Gasteiger partial charge in [-0.15, -0.1) is 0 Å². The van der Waals surface area contributed by atoms with Crippen LogP contribution in [0, 0.1) is 0 Å². The van der Waals surface area contributed by atoms with Gasteiger partial charge < -0.3 is 9.90 Å². The van der Waals surface area contributed by atoms with Crippen LogP contribution in [0.5, 0.6) is 0 Å².